The van der Waals surface area contributed by atoms with E-state index in [0.29, 0.717) is 10.6 Å². The van der Waals surface area contributed by atoms with Crippen LogP contribution in [0.2, 0.25) is 0 Å². The standard InChI is InChI=1S/C14H15N3O3S2/c1-20-12(19)6-5-11(18)16-14(21)17-13-9(7-15)8-3-2-4-10(8)22-13/h2-6H2,1H3,(H2,16,17,18,21). The van der Waals surface area contributed by atoms with E-state index < -0.39 is 5.97 Å². The van der Waals surface area contributed by atoms with Crippen molar-refractivity contribution in [1.29, 1.82) is 5.26 Å². The second-order valence-corrected chi connectivity index (χ2v) is 6.27. The normalized spacial score (nSPS) is 12.2. The molecule has 0 saturated heterocycles. The van der Waals surface area contributed by atoms with Crippen LogP contribution in [0.4, 0.5) is 5.00 Å². The summed E-state index contributed by atoms with van der Waals surface area (Å²) < 4.78 is 4.46. The van der Waals surface area contributed by atoms with Gasteiger partial charge in [-0.2, -0.15) is 5.26 Å². The van der Waals surface area contributed by atoms with Crippen LogP contribution in [0.15, 0.2) is 0 Å². The number of anilines is 1. The van der Waals surface area contributed by atoms with E-state index in [9.17, 15) is 14.9 Å². The molecule has 2 N–H and O–H groups in total. The highest BCUT2D eigenvalue weighted by Crippen LogP contribution is 2.38. The van der Waals surface area contributed by atoms with Crippen LogP contribution in [-0.2, 0) is 27.2 Å². The van der Waals surface area contributed by atoms with Gasteiger partial charge in [0.2, 0.25) is 5.91 Å². The highest BCUT2D eigenvalue weighted by molar-refractivity contribution is 7.80. The summed E-state index contributed by atoms with van der Waals surface area (Å²) in [5.74, 6) is -0.819. The Morgan fingerprint density at radius 1 is 1.41 bits per heavy atom. The molecule has 2 rings (SSSR count). The number of hydrogen-bond donors (Lipinski definition) is 2. The summed E-state index contributed by atoms with van der Waals surface area (Å²) in [5, 5.41) is 15.5. The first-order chi connectivity index (χ1) is 10.5. The lowest BCUT2D eigenvalue weighted by Crippen LogP contribution is -2.34. The molecule has 0 fully saturated rings. The first-order valence-electron chi connectivity index (χ1n) is 6.77. The summed E-state index contributed by atoms with van der Waals surface area (Å²) in [5.41, 5.74) is 1.71. The fourth-order valence-electron chi connectivity index (χ4n) is 2.25. The van der Waals surface area contributed by atoms with E-state index in [2.05, 4.69) is 21.4 Å². The van der Waals surface area contributed by atoms with Crippen molar-refractivity contribution < 1.29 is 14.3 Å². The summed E-state index contributed by atoms with van der Waals surface area (Å²) in [7, 11) is 1.27. The minimum atomic E-state index is -0.449. The molecule has 0 aromatic carbocycles. The van der Waals surface area contributed by atoms with Crippen LogP contribution in [0.1, 0.15) is 35.3 Å². The number of esters is 1. The minimum Gasteiger partial charge on any atom is -0.469 e. The third-order valence-corrected chi connectivity index (χ3v) is 4.71. The molecule has 8 heteroatoms. The molecule has 0 spiro atoms. The predicted octanol–water partition coefficient (Wildman–Crippen LogP) is 1.87. The molecule has 1 aliphatic carbocycles. The van der Waals surface area contributed by atoms with E-state index in [1.165, 1.54) is 23.3 Å². The summed E-state index contributed by atoms with van der Waals surface area (Å²) in [6.07, 6.45) is 2.97. The molecule has 0 unspecified atom stereocenters. The lowest BCUT2D eigenvalue weighted by Gasteiger charge is -2.08. The van der Waals surface area contributed by atoms with Crippen LogP contribution in [0, 0.1) is 11.3 Å². The van der Waals surface area contributed by atoms with Gasteiger partial charge in [-0.1, -0.05) is 0 Å². The van der Waals surface area contributed by atoms with E-state index in [1.54, 1.807) is 0 Å². The number of nitriles is 1. The van der Waals surface area contributed by atoms with Gasteiger partial charge in [-0.15, -0.1) is 11.3 Å². The Morgan fingerprint density at radius 2 is 2.18 bits per heavy atom. The predicted molar refractivity (Wildman–Crippen MR) is 86.7 cm³/mol. The van der Waals surface area contributed by atoms with Gasteiger partial charge in [0.15, 0.2) is 5.11 Å². The topological polar surface area (TPSA) is 91.2 Å². The SMILES string of the molecule is COC(=O)CCC(=O)NC(=S)Nc1sc2c(c1C#N)CCC2. The molecule has 1 amide bonds. The first-order valence-corrected chi connectivity index (χ1v) is 8.00. The molecular formula is C14H15N3O3S2. The van der Waals surface area contributed by atoms with Crippen molar-refractivity contribution in [2.45, 2.75) is 32.1 Å². The fourth-order valence-corrected chi connectivity index (χ4v) is 3.78. The van der Waals surface area contributed by atoms with Gasteiger partial charge in [-0.25, -0.2) is 0 Å². The number of hydrogen-bond acceptors (Lipinski definition) is 6. The molecule has 22 heavy (non-hydrogen) atoms. The molecular weight excluding hydrogens is 322 g/mol. The third-order valence-electron chi connectivity index (χ3n) is 3.30. The highest BCUT2D eigenvalue weighted by Gasteiger charge is 2.22. The smallest absolute Gasteiger partial charge is 0.306 e. The number of methoxy groups -OCH3 is 1. The maximum atomic E-state index is 11.7. The zero-order chi connectivity index (χ0) is 16.1. The first kappa shape index (κ1) is 16.4. The summed E-state index contributed by atoms with van der Waals surface area (Å²) in [6.45, 7) is 0. The van der Waals surface area contributed by atoms with E-state index in [4.69, 9.17) is 12.2 Å². The molecule has 1 aromatic heterocycles. The van der Waals surface area contributed by atoms with Crippen molar-refractivity contribution in [3.05, 3.63) is 16.0 Å². The number of carbonyl (C=O) groups is 2. The molecule has 1 heterocycles. The molecule has 0 saturated carbocycles. The molecule has 6 nitrogen and oxygen atoms in total. The van der Waals surface area contributed by atoms with Crippen LogP contribution in [0.5, 0.6) is 0 Å². The maximum Gasteiger partial charge on any atom is 0.306 e. The Morgan fingerprint density at radius 3 is 2.86 bits per heavy atom. The number of amides is 1. The summed E-state index contributed by atoms with van der Waals surface area (Å²) in [6, 6.07) is 2.20. The molecule has 116 valence electrons. The molecule has 0 bridgehead atoms. The van der Waals surface area contributed by atoms with E-state index in [1.807, 2.05) is 0 Å². The van der Waals surface area contributed by atoms with Crippen molar-refractivity contribution in [3.63, 3.8) is 0 Å². The average molecular weight is 337 g/mol. The largest absolute Gasteiger partial charge is 0.469 e. The van der Waals surface area contributed by atoms with Crippen LogP contribution < -0.4 is 10.6 Å². The number of thiocarbonyl (C=S) groups is 1. The van der Waals surface area contributed by atoms with Gasteiger partial charge in [0, 0.05) is 11.3 Å². The monoisotopic (exact) mass is 337 g/mol. The molecule has 0 aliphatic heterocycles. The third kappa shape index (κ3) is 3.81. The number of rotatable bonds is 4. The molecule has 0 radical (unpaired) electrons. The Labute approximate surface area is 137 Å². The second kappa shape index (κ2) is 7.33. The van der Waals surface area contributed by atoms with Crippen LogP contribution >= 0.6 is 23.6 Å². The maximum absolute atomic E-state index is 11.7. The number of nitrogens with zero attached hydrogens (tertiary/aromatic N) is 1. The van der Waals surface area contributed by atoms with Crippen molar-refractivity contribution in [2.24, 2.45) is 0 Å². The fraction of sp³-hybridized carbons (Fsp3) is 0.429. The Hall–Kier alpha value is -1.98. The highest BCUT2D eigenvalue weighted by atomic mass is 32.1. The Kier molecular flexibility index (Phi) is 5.46. The summed E-state index contributed by atoms with van der Waals surface area (Å²) >= 11 is 6.58. The van der Waals surface area contributed by atoms with Gasteiger partial charge in [0.05, 0.1) is 19.1 Å². The lowest BCUT2D eigenvalue weighted by atomic mass is 10.1. The minimum absolute atomic E-state index is 0.000537. The van der Waals surface area contributed by atoms with Gasteiger partial charge in [-0.05, 0) is 37.0 Å². The van der Waals surface area contributed by atoms with Gasteiger partial charge < -0.3 is 15.4 Å². The molecule has 1 aliphatic rings. The molecule has 0 atom stereocenters. The van der Waals surface area contributed by atoms with Crippen LogP contribution in [0.3, 0.4) is 0 Å². The Balaban J connectivity index is 1.92. The summed E-state index contributed by atoms with van der Waals surface area (Å²) in [4.78, 5) is 23.8. The number of ether oxygens (including phenoxy) is 1. The van der Waals surface area contributed by atoms with Crippen molar-refractivity contribution >= 4 is 45.5 Å². The zero-order valence-corrected chi connectivity index (χ0v) is 13.7. The number of thiophene rings is 1. The van der Waals surface area contributed by atoms with E-state index in [0.717, 1.165) is 24.8 Å². The number of fused-ring (bicyclic) bond motifs is 1. The van der Waals surface area contributed by atoms with E-state index >= 15 is 0 Å². The second-order valence-electron chi connectivity index (χ2n) is 4.75. The van der Waals surface area contributed by atoms with Gasteiger partial charge in [-0.3, -0.25) is 9.59 Å². The van der Waals surface area contributed by atoms with Gasteiger partial charge >= 0.3 is 5.97 Å². The quantitative estimate of drug-likeness (QED) is 0.644. The van der Waals surface area contributed by atoms with Gasteiger partial charge in [0.1, 0.15) is 11.1 Å². The van der Waals surface area contributed by atoms with Crippen LogP contribution in [-0.4, -0.2) is 24.1 Å². The average Bonchev–Trinajstić information content (AvgIpc) is 3.04. The van der Waals surface area contributed by atoms with E-state index in [-0.39, 0.29) is 23.9 Å². The number of nitrogens with one attached hydrogen (secondary N) is 2. The Bertz CT molecular complexity index is 661. The van der Waals surface area contributed by atoms with Crippen molar-refractivity contribution in [1.82, 2.24) is 5.32 Å². The van der Waals surface area contributed by atoms with Crippen molar-refractivity contribution in [2.75, 3.05) is 12.4 Å². The molecule has 1 aromatic rings. The number of carbonyl (C=O) groups excluding carboxylic acids is 2. The van der Waals surface area contributed by atoms with Crippen LogP contribution in [0.25, 0.3) is 0 Å². The lowest BCUT2D eigenvalue weighted by molar-refractivity contribution is -0.142. The van der Waals surface area contributed by atoms with Crippen molar-refractivity contribution in [3.8, 4) is 6.07 Å². The number of aryl methyl sites for hydroxylation is 1. The van der Waals surface area contributed by atoms with Gasteiger partial charge in [0.25, 0.3) is 0 Å². The zero-order valence-electron chi connectivity index (χ0n) is 12.0.